The SMILES string of the molecule is CN1C(=O)/C(=C2/SC(=Nc3cccc(C(F)(F)F)c3)NC2=O)c2cc(Br)cc(Br)c21. The van der Waals surface area contributed by atoms with Gasteiger partial charge in [0, 0.05) is 21.6 Å². The second kappa shape index (κ2) is 7.54. The van der Waals surface area contributed by atoms with E-state index in [4.69, 9.17) is 0 Å². The molecule has 0 unspecified atom stereocenters. The van der Waals surface area contributed by atoms with Crippen molar-refractivity contribution in [2.75, 3.05) is 11.9 Å². The van der Waals surface area contributed by atoms with Crippen molar-refractivity contribution in [3.05, 3.63) is 61.4 Å². The highest BCUT2D eigenvalue weighted by atomic mass is 79.9. The Labute approximate surface area is 189 Å². The number of aliphatic imine (C=N–C) groups is 1. The fourth-order valence-electron chi connectivity index (χ4n) is 3.11. The van der Waals surface area contributed by atoms with Gasteiger partial charge in [0.1, 0.15) is 0 Å². The summed E-state index contributed by atoms with van der Waals surface area (Å²) >= 11 is 7.72. The van der Waals surface area contributed by atoms with Crippen molar-refractivity contribution < 1.29 is 22.8 Å². The van der Waals surface area contributed by atoms with Crippen LogP contribution in [0.2, 0.25) is 0 Å². The molecule has 2 aliphatic rings. The molecule has 1 saturated heterocycles. The predicted molar refractivity (Wildman–Crippen MR) is 116 cm³/mol. The summed E-state index contributed by atoms with van der Waals surface area (Å²) in [6, 6.07) is 8.00. The van der Waals surface area contributed by atoms with E-state index in [2.05, 4.69) is 42.2 Å². The van der Waals surface area contributed by atoms with E-state index in [0.29, 0.717) is 15.7 Å². The number of amides is 2. The average molecular weight is 561 g/mol. The Morgan fingerprint density at radius 3 is 2.57 bits per heavy atom. The minimum absolute atomic E-state index is 0.0413. The molecule has 2 heterocycles. The smallest absolute Gasteiger partial charge is 0.310 e. The van der Waals surface area contributed by atoms with Gasteiger partial charge in [0.25, 0.3) is 11.8 Å². The number of nitrogens with zero attached hydrogens (tertiary/aromatic N) is 2. The third-order valence-electron chi connectivity index (χ3n) is 4.41. The van der Waals surface area contributed by atoms with Gasteiger partial charge < -0.3 is 10.2 Å². The van der Waals surface area contributed by atoms with Crippen LogP contribution in [0, 0.1) is 0 Å². The number of nitrogens with one attached hydrogen (secondary N) is 1. The van der Waals surface area contributed by atoms with Gasteiger partial charge in [-0.25, -0.2) is 4.99 Å². The molecule has 0 aliphatic carbocycles. The Balaban J connectivity index is 1.76. The quantitative estimate of drug-likeness (QED) is 0.471. The first-order valence-corrected chi connectivity index (χ1v) is 10.7. The zero-order valence-electron chi connectivity index (χ0n) is 15.0. The van der Waals surface area contributed by atoms with Crippen molar-refractivity contribution in [2.45, 2.75) is 6.18 Å². The van der Waals surface area contributed by atoms with E-state index in [-0.39, 0.29) is 27.2 Å². The van der Waals surface area contributed by atoms with Gasteiger partial charge in [-0.3, -0.25) is 9.59 Å². The normalized spacial score (nSPS) is 20.2. The van der Waals surface area contributed by atoms with Crippen LogP contribution in [0.15, 0.2) is 55.2 Å². The number of fused-ring (bicyclic) bond motifs is 1. The van der Waals surface area contributed by atoms with Crippen LogP contribution in [0.25, 0.3) is 5.57 Å². The van der Waals surface area contributed by atoms with Crippen LogP contribution in [-0.2, 0) is 15.8 Å². The molecule has 0 bridgehead atoms. The summed E-state index contributed by atoms with van der Waals surface area (Å²) in [5.41, 5.74) is 0.614. The number of hydrogen-bond acceptors (Lipinski definition) is 4. The van der Waals surface area contributed by atoms with Crippen LogP contribution >= 0.6 is 43.6 Å². The molecule has 30 heavy (non-hydrogen) atoms. The average Bonchev–Trinajstić information content (AvgIpc) is 3.11. The maximum atomic E-state index is 12.9. The Morgan fingerprint density at radius 2 is 1.87 bits per heavy atom. The summed E-state index contributed by atoms with van der Waals surface area (Å²) in [5, 5.41) is 2.62. The number of halogens is 5. The number of carbonyl (C=O) groups is 2. The summed E-state index contributed by atoms with van der Waals surface area (Å²) in [5.74, 6) is -0.895. The third kappa shape index (κ3) is 3.69. The molecule has 2 aromatic rings. The topological polar surface area (TPSA) is 61.8 Å². The van der Waals surface area contributed by atoms with Crippen molar-refractivity contribution in [3.8, 4) is 0 Å². The van der Waals surface area contributed by atoms with Gasteiger partial charge in [0.05, 0.1) is 27.4 Å². The van der Waals surface area contributed by atoms with Gasteiger partial charge >= 0.3 is 6.18 Å². The van der Waals surface area contributed by atoms with E-state index < -0.39 is 17.6 Å². The minimum Gasteiger partial charge on any atom is -0.310 e. The summed E-state index contributed by atoms with van der Waals surface area (Å²) in [4.78, 5) is 31.1. The minimum atomic E-state index is -4.50. The van der Waals surface area contributed by atoms with Crippen LogP contribution in [-0.4, -0.2) is 24.0 Å². The first kappa shape index (κ1) is 21.1. The van der Waals surface area contributed by atoms with Crippen LogP contribution in [0.1, 0.15) is 11.1 Å². The van der Waals surface area contributed by atoms with Gasteiger partial charge in [0.2, 0.25) is 0 Å². The molecular weight excluding hydrogens is 551 g/mol. The van der Waals surface area contributed by atoms with Gasteiger partial charge in [0.15, 0.2) is 5.17 Å². The summed E-state index contributed by atoms with van der Waals surface area (Å²) in [7, 11) is 1.60. The zero-order chi connectivity index (χ0) is 21.8. The fourth-order valence-corrected chi connectivity index (χ4v) is 5.53. The number of likely N-dealkylation sites (N-methyl/N-ethyl adjacent to an activating group) is 1. The first-order valence-electron chi connectivity index (χ1n) is 8.33. The number of carbonyl (C=O) groups excluding carboxylic acids is 2. The second-order valence-corrected chi connectivity index (χ2v) is 9.14. The molecule has 2 amide bonds. The van der Waals surface area contributed by atoms with E-state index in [1.54, 1.807) is 19.2 Å². The Morgan fingerprint density at radius 1 is 1.13 bits per heavy atom. The molecule has 5 nitrogen and oxygen atoms in total. The number of benzene rings is 2. The number of anilines is 1. The standard InChI is InChI=1S/C19H10Br2F3N3O2S/c1-27-14-11(6-9(20)7-12(14)21)13(17(27)29)15-16(28)26-18(30-15)25-10-4-2-3-8(5-10)19(22,23)24/h2-7H,1H3,(H,25,26,28)/b15-13+. The molecule has 0 aromatic heterocycles. The van der Waals surface area contributed by atoms with Gasteiger partial charge in [-0.1, -0.05) is 22.0 Å². The number of alkyl halides is 3. The van der Waals surface area contributed by atoms with E-state index in [1.807, 2.05) is 0 Å². The molecule has 2 aliphatic heterocycles. The molecule has 4 rings (SSSR count). The lowest BCUT2D eigenvalue weighted by molar-refractivity contribution is -0.137. The van der Waals surface area contributed by atoms with Crippen molar-refractivity contribution in [3.63, 3.8) is 0 Å². The monoisotopic (exact) mass is 559 g/mol. The van der Waals surface area contributed by atoms with E-state index in [0.717, 1.165) is 28.4 Å². The summed E-state index contributed by atoms with van der Waals surface area (Å²) in [6.07, 6.45) is -4.50. The van der Waals surface area contributed by atoms with Crippen molar-refractivity contribution in [1.29, 1.82) is 0 Å². The molecule has 0 radical (unpaired) electrons. The number of hydrogen-bond donors (Lipinski definition) is 1. The van der Waals surface area contributed by atoms with Crippen LogP contribution in [0.4, 0.5) is 24.5 Å². The molecule has 1 fully saturated rings. The lowest BCUT2D eigenvalue weighted by Crippen LogP contribution is -2.23. The zero-order valence-corrected chi connectivity index (χ0v) is 19.0. The van der Waals surface area contributed by atoms with E-state index in [9.17, 15) is 22.8 Å². The maximum absolute atomic E-state index is 12.9. The lowest BCUT2D eigenvalue weighted by Gasteiger charge is -2.11. The molecular formula is C19H10Br2F3N3O2S. The Bertz CT molecular complexity index is 1180. The number of amidine groups is 1. The maximum Gasteiger partial charge on any atom is 0.416 e. The fraction of sp³-hybridized carbons (Fsp3) is 0.105. The number of thioether (sulfide) groups is 1. The highest BCUT2D eigenvalue weighted by molar-refractivity contribution is 9.11. The van der Waals surface area contributed by atoms with Gasteiger partial charge in [-0.15, -0.1) is 0 Å². The molecule has 0 spiro atoms. The largest absolute Gasteiger partial charge is 0.416 e. The van der Waals surface area contributed by atoms with Gasteiger partial charge in [-0.2, -0.15) is 13.2 Å². The van der Waals surface area contributed by atoms with Crippen molar-refractivity contribution >= 4 is 77.6 Å². The highest BCUT2D eigenvalue weighted by Gasteiger charge is 2.39. The summed E-state index contributed by atoms with van der Waals surface area (Å²) < 4.78 is 40.1. The molecule has 2 aromatic carbocycles. The second-order valence-electron chi connectivity index (χ2n) is 6.37. The highest BCUT2D eigenvalue weighted by Crippen LogP contribution is 2.46. The molecule has 11 heteroatoms. The number of rotatable bonds is 1. The lowest BCUT2D eigenvalue weighted by atomic mass is 10.1. The van der Waals surface area contributed by atoms with Crippen molar-refractivity contribution in [2.24, 2.45) is 4.99 Å². The molecule has 0 saturated carbocycles. The van der Waals surface area contributed by atoms with Crippen LogP contribution in [0.5, 0.6) is 0 Å². The van der Waals surface area contributed by atoms with E-state index >= 15 is 0 Å². The molecule has 154 valence electrons. The molecule has 0 atom stereocenters. The van der Waals surface area contributed by atoms with Crippen molar-refractivity contribution in [1.82, 2.24) is 5.32 Å². The predicted octanol–water partition coefficient (Wildman–Crippen LogP) is 5.47. The summed E-state index contributed by atoms with van der Waals surface area (Å²) in [6.45, 7) is 0. The first-order chi connectivity index (χ1) is 14.1. The Kier molecular flexibility index (Phi) is 5.31. The van der Waals surface area contributed by atoms with Crippen LogP contribution < -0.4 is 10.2 Å². The van der Waals surface area contributed by atoms with Gasteiger partial charge in [-0.05, 0) is 58.0 Å². The molecule has 1 N–H and O–H groups in total. The van der Waals surface area contributed by atoms with E-state index in [1.165, 1.54) is 17.0 Å². The van der Waals surface area contributed by atoms with Crippen LogP contribution in [0.3, 0.4) is 0 Å². The Hall–Kier alpha value is -2.11. The third-order valence-corrected chi connectivity index (χ3v) is 6.45.